The van der Waals surface area contributed by atoms with E-state index >= 15 is 0 Å². The van der Waals surface area contributed by atoms with Crippen LogP contribution in [-0.2, 0) is 11.3 Å². The van der Waals surface area contributed by atoms with E-state index in [1.165, 1.54) is 12.1 Å². The molecule has 4 nitrogen and oxygen atoms in total. The number of likely N-dealkylation sites (N-methyl/N-ethyl adjacent to an activating group) is 1. The summed E-state index contributed by atoms with van der Waals surface area (Å²) in [6, 6.07) is 7.44. The third-order valence-electron chi connectivity index (χ3n) is 5.44. The molecule has 1 saturated heterocycles. The second-order valence-corrected chi connectivity index (χ2v) is 8.11. The summed E-state index contributed by atoms with van der Waals surface area (Å²) in [5, 5.41) is 0. The number of carbonyl (C=O) groups is 1. The summed E-state index contributed by atoms with van der Waals surface area (Å²) in [5.74, 6) is 0.471. The maximum Gasteiger partial charge on any atom is 0.236 e. The van der Waals surface area contributed by atoms with Gasteiger partial charge in [-0.3, -0.25) is 14.6 Å². The molecule has 1 aliphatic rings. The Morgan fingerprint density at radius 3 is 2.42 bits per heavy atom. The molecule has 1 heterocycles. The van der Waals surface area contributed by atoms with Gasteiger partial charge in [-0.05, 0) is 50.9 Å². The van der Waals surface area contributed by atoms with Crippen LogP contribution in [0.3, 0.4) is 0 Å². The number of hydrogen-bond donors (Lipinski definition) is 0. The smallest absolute Gasteiger partial charge is 0.236 e. The van der Waals surface area contributed by atoms with Crippen LogP contribution in [0.5, 0.6) is 0 Å². The van der Waals surface area contributed by atoms with Crippen molar-refractivity contribution in [3.05, 3.63) is 35.6 Å². The number of nitrogens with zero attached hydrogens (tertiary/aromatic N) is 3. The molecule has 2 rings (SSSR count). The van der Waals surface area contributed by atoms with Gasteiger partial charge in [0.05, 0.1) is 6.54 Å². The van der Waals surface area contributed by atoms with Crippen molar-refractivity contribution in [3.63, 3.8) is 0 Å². The van der Waals surface area contributed by atoms with Crippen molar-refractivity contribution in [1.82, 2.24) is 14.7 Å². The highest BCUT2D eigenvalue weighted by atomic mass is 19.1. The summed E-state index contributed by atoms with van der Waals surface area (Å²) in [5.41, 5.74) is 1.12. The SMILES string of the molecule is CC(C)[C@H]1CN(C(=O)CN(C)C(C)C)CCCN1Cc1ccc(F)cc1. The number of hydrogen-bond acceptors (Lipinski definition) is 3. The maximum absolute atomic E-state index is 13.2. The van der Waals surface area contributed by atoms with Crippen molar-refractivity contribution in [2.24, 2.45) is 5.92 Å². The first-order valence-corrected chi connectivity index (χ1v) is 9.74. The van der Waals surface area contributed by atoms with E-state index in [2.05, 4.69) is 37.5 Å². The molecule has 1 fully saturated rings. The Hall–Kier alpha value is -1.46. The van der Waals surface area contributed by atoms with Gasteiger partial charge in [0.15, 0.2) is 0 Å². The molecule has 0 radical (unpaired) electrons. The van der Waals surface area contributed by atoms with Crippen molar-refractivity contribution in [1.29, 1.82) is 0 Å². The van der Waals surface area contributed by atoms with Gasteiger partial charge < -0.3 is 4.90 Å². The van der Waals surface area contributed by atoms with Crippen LogP contribution in [0.2, 0.25) is 0 Å². The summed E-state index contributed by atoms with van der Waals surface area (Å²) in [4.78, 5) is 19.3. The maximum atomic E-state index is 13.2. The Balaban J connectivity index is 2.06. The molecule has 0 bridgehead atoms. The fourth-order valence-corrected chi connectivity index (χ4v) is 3.44. The zero-order chi connectivity index (χ0) is 19.3. The highest BCUT2D eigenvalue weighted by Gasteiger charge is 2.29. The third-order valence-corrected chi connectivity index (χ3v) is 5.44. The van der Waals surface area contributed by atoms with Crippen LogP contribution in [0.25, 0.3) is 0 Å². The first-order chi connectivity index (χ1) is 12.3. The van der Waals surface area contributed by atoms with E-state index < -0.39 is 0 Å². The molecule has 0 saturated carbocycles. The molecule has 1 aromatic carbocycles. The van der Waals surface area contributed by atoms with Crippen LogP contribution >= 0.6 is 0 Å². The van der Waals surface area contributed by atoms with Gasteiger partial charge in [-0.1, -0.05) is 26.0 Å². The summed E-state index contributed by atoms with van der Waals surface area (Å²) in [6.07, 6.45) is 0.974. The van der Waals surface area contributed by atoms with E-state index in [1.54, 1.807) is 0 Å². The molecule has 0 unspecified atom stereocenters. The second kappa shape index (κ2) is 9.47. The van der Waals surface area contributed by atoms with E-state index in [0.29, 0.717) is 24.5 Å². The molecule has 26 heavy (non-hydrogen) atoms. The average molecular weight is 364 g/mol. The van der Waals surface area contributed by atoms with Crippen LogP contribution in [0.1, 0.15) is 39.7 Å². The summed E-state index contributed by atoms with van der Waals surface area (Å²) >= 11 is 0. The highest BCUT2D eigenvalue weighted by Crippen LogP contribution is 2.20. The Bertz CT molecular complexity index is 573. The van der Waals surface area contributed by atoms with Gasteiger partial charge in [-0.25, -0.2) is 4.39 Å². The van der Waals surface area contributed by atoms with Gasteiger partial charge >= 0.3 is 0 Å². The monoisotopic (exact) mass is 363 g/mol. The summed E-state index contributed by atoms with van der Waals surface area (Å²) in [6.45, 7) is 12.5. The Morgan fingerprint density at radius 1 is 1.19 bits per heavy atom. The van der Waals surface area contributed by atoms with E-state index in [9.17, 15) is 9.18 Å². The average Bonchev–Trinajstić information content (AvgIpc) is 2.79. The molecule has 1 amide bonds. The second-order valence-electron chi connectivity index (χ2n) is 8.11. The summed E-state index contributed by atoms with van der Waals surface area (Å²) < 4.78 is 13.2. The third kappa shape index (κ3) is 5.78. The Kier molecular flexibility index (Phi) is 7.59. The first-order valence-electron chi connectivity index (χ1n) is 9.74. The standard InChI is InChI=1S/C21H34FN3O/c1-16(2)20-14-25(21(26)15-23(5)17(3)4)12-6-11-24(20)13-18-7-9-19(22)10-8-18/h7-10,16-17,20H,6,11-15H2,1-5H3/t20-/m1/s1. The van der Waals surface area contributed by atoms with Crippen molar-refractivity contribution < 1.29 is 9.18 Å². The number of halogens is 1. The zero-order valence-corrected chi connectivity index (χ0v) is 16.9. The van der Waals surface area contributed by atoms with Gasteiger partial charge in [0, 0.05) is 38.3 Å². The molecule has 0 spiro atoms. The van der Waals surface area contributed by atoms with Crippen LogP contribution in [0, 0.1) is 11.7 Å². The molecule has 1 aliphatic heterocycles. The topological polar surface area (TPSA) is 26.8 Å². The lowest BCUT2D eigenvalue weighted by Gasteiger charge is -2.35. The van der Waals surface area contributed by atoms with Gasteiger partial charge in [0.25, 0.3) is 0 Å². The first kappa shape index (κ1) is 20.8. The number of benzene rings is 1. The molecule has 0 aromatic heterocycles. The van der Waals surface area contributed by atoms with E-state index in [-0.39, 0.29) is 11.7 Å². The van der Waals surface area contributed by atoms with Crippen LogP contribution in [0.15, 0.2) is 24.3 Å². The Morgan fingerprint density at radius 2 is 1.85 bits per heavy atom. The van der Waals surface area contributed by atoms with Crippen molar-refractivity contribution in [2.75, 3.05) is 33.2 Å². The predicted molar refractivity (Wildman–Crippen MR) is 104 cm³/mol. The molecule has 146 valence electrons. The minimum Gasteiger partial charge on any atom is -0.340 e. The molecule has 1 aromatic rings. The van der Waals surface area contributed by atoms with Gasteiger partial charge in [-0.2, -0.15) is 0 Å². The lowest BCUT2D eigenvalue weighted by molar-refractivity contribution is -0.133. The fourth-order valence-electron chi connectivity index (χ4n) is 3.44. The zero-order valence-electron chi connectivity index (χ0n) is 16.9. The normalized spacial score (nSPS) is 19.4. The van der Waals surface area contributed by atoms with E-state index in [0.717, 1.165) is 38.2 Å². The minimum absolute atomic E-state index is 0.198. The minimum atomic E-state index is -0.198. The van der Waals surface area contributed by atoms with Gasteiger partial charge in [0.2, 0.25) is 5.91 Å². The molecule has 0 aliphatic carbocycles. The quantitative estimate of drug-likeness (QED) is 0.776. The van der Waals surface area contributed by atoms with Gasteiger partial charge in [-0.15, -0.1) is 0 Å². The van der Waals surface area contributed by atoms with Crippen molar-refractivity contribution >= 4 is 5.91 Å². The van der Waals surface area contributed by atoms with Gasteiger partial charge in [0.1, 0.15) is 5.82 Å². The Labute approximate surface area is 158 Å². The van der Waals surface area contributed by atoms with E-state index in [1.807, 2.05) is 24.1 Å². The largest absolute Gasteiger partial charge is 0.340 e. The molecular formula is C21H34FN3O. The summed E-state index contributed by atoms with van der Waals surface area (Å²) in [7, 11) is 2.00. The van der Waals surface area contributed by atoms with E-state index in [4.69, 9.17) is 0 Å². The fraction of sp³-hybridized carbons (Fsp3) is 0.667. The highest BCUT2D eigenvalue weighted by molar-refractivity contribution is 5.78. The number of amides is 1. The molecule has 0 N–H and O–H groups in total. The molecular weight excluding hydrogens is 329 g/mol. The number of carbonyl (C=O) groups excluding carboxylic acids is 1. The van der Waals surface area contributed by atoms with Crippen LogP contribution in [0.4, 0.5) is 4.39 Å². The lowest BCUT2D eigenvalue weighted by Crippen LogP contribution is -2.48. The van der Waals surface area contributed by atoms with Crippen molar-refractivity contribution in [3.8, 4) is 0 Å². The number of rotatable bonds is 6. The van der Waals surface area contributed by atoms with Crippen LogP contribution in [-0.4, -0.2) is 65.9 Å². The molecule has 1 atom stereocenters. The predicted octanol–water partition coefficient (Wildman–Crippen LogP) is 3.22. The van der Waals surface area contributed by atoms with Crippen LogP contribution < -0.4 is 0 Å². The molecule has 5 heteroatoms. The lowest BCUT2D eigenvalue weighted by atomic mass is 10.0. The van der Waals surface area contributed by atoms with Crippen molar-refractivity contribution in [2.45, 2.75) is 52.7 Å².